The molecular formula is C16H21ClN2O4. The first-order chi connectivity index (χ1) is 10.9. The van der Waals surface area contributed by atoms with Crippen molar-refractivity contribution in [2.45, 2.75) is 19.8 Å². The quantitative estimate of drug-likeness (QED) is 0.889. The number of halogens is 1. The van der Waals surface area contributed by atoms with Crippen LogP contribution in [0.5, 0.6) is 11.5 Å². The number of hydrogen-bond acceptors (Lipinski definition) is 4. The smallest absolute Gasteiger partial charge is 0.255 e. The number of hydrogen-bond donors (Lipinski definition) is 1. The van der Waals surface area contributed by atoms with Gasteiger partial charge in [0.25, 0.3) is 11.8 Å². The zero-order valence-electron chi connectivity index (χ0n) is 13.3. The van der Waals surface area contributed by atoms with Crippen molar-refractivity contribution in [3.63, 3.8) is 0 Å². The maximum atomic E-state index is 12.6. The standard InChI is InChI=1S/C16H21ClN2O4/c1-10-3-5-19(6-4-10)16(21)11-7-12(17)15(13(8-11)22-2)23-9-14(18)20/h7-8,10H,3-6,9H2,1-2H3,(H2,18,20). The van der Waals surface area contributed by atoms with Gasteiger partial charge < -0.3 is 20.1 Å². The fourth-order valence-corrected chi connectivity index (χ4v) is 2.79. The highest BCUT2D eigenvalue weighted by atomic mass is 35.5. The lowest BCUT2D eigenvalue weighted by molar-refractivity contribution is -0.119. The van der Waals surface area contributed by atoms with E-state index in [0.29, 0.717) is 17.2 Å². The number of carbonyl (C=O) groups is 2. The zero-order valence-corrected chi connectivity index (χ0v) is 14.1. The second kappa shape index (κ2) is 7.55. The molecule has 0 radical (unpaired) electrons. The van der Waals surface area contributed by atoms with Gasteiger partial charge in [-0.05, 0) is 30.9 Å². The molecule has 1 fully saturated rings. The number of amides is 2. The first-order valence-corrected chi connectivity index (χ1v) is 7.88. The third-order valence-corrected chi connectivity index (χ3v) is 4.19. The number of carbonyl (C=O) groups excluding carboxylic acids is 2. The van der Waals surface area contributed by atoms with Gasteiger partial charge in [-0.3, -0.25) is 9.59 Å². The number of nitrogens with zero attached hydrogens (tertiary/aromatic N) is 1. The van der Waals surface area contributed by atoms with Gasteiger partial charge in [0.05, 0.1) is 12.1 Å². The van der Waals surface area contributed by atoms with Gasteiger partial charge in [0.2, 0.25) is 0 Å². The molecule has 2 N–H and O–H groups in total. The number of likely N-dealkylation sites (tertiary alicyclic amines) is 1. The molecule has 1 aliphatic heterocycles. The van der Waals surface area contributed by atoms with Crippen LogP contribution in [-0.4, -0.2) is 43.5 Å². The second-order valence-corrected chi connectivity index (χ2v) is 6.13. The maximum absolute atomic E-state index is 12.6. The number of piperidine rings is 1. The molecule has 1 aromatic rings. The van der Waals surface area contributed by atoms with Crippen molar-refractivity contribution in [3.05, 3.63) is 22.7 Å². The van der Waals surface area contributed by atoms with Crippen LogP contribution in [0.25, 0.3) is 0 Å². The molecule has 6 nitrogen and oxygen atoms in total. The van der Waals surface area contributed by atoms with Crippen LogP contribution in [0.15, 0.2) is 12.1 Å². The van der Waals surface area contributed by atoms with Crippen molar-refractivity contribution in [1.29, 1.82) is 0 Å². The van der Waals surface area contributed by atoms with Crippen molar-refractivity contribution in [2.24, 2.45) is 11.7 Å². The van der Waals surface area contributed by atoms with Gasteiger partial charge in [0, 0.05) is 18.7 Å². The van der Waals surface area contributed by atoms with E-state index in [0.717, 1.165) is 25.9 Å². The third kappa shape index (κ3) is 4.28. The molecule has 1 aliphatic rings. The van der Waals surface area contributed by atoms with Crippen LogP contribution in [0.1, 0.15) is 30.1 Å². The zero-order chi connectivity index (χ0) is 17.0. The third-order valence-electron chi connectivity index (χ3n) is 3.91. The summed E-state index contributed by atoms with van der Waals surface area (Å²) in [6.45, 7) is 3.35. The average molecular weight is 341 g/mol. The number of rotatable bonds is 5. The summed E-state index contributed by atoms with van der Waals surface area (Å²) in [5.41, 5.74) is 5.50. The van der Waals surface area contributed by atoms with Gasteiger partial charge in [0.15, 0.2) is 18.1 Å². The molecule has 0 bridgehead atoms. The van der Waals surface area contributed by atoms with Gasteiger partial charge in [0.1, 0.15) is 0 Å². The topological polar surface area (TPSA) is 81.9 Å². The van der Waals surface area contributed by atoms with Crippen molar-refractivity contribution in [2.75, 3.05) is 26.8 Å². The lowest BCUT2D eigenvalue weighted by Gasteiger charge is -2.30. The number of benzene rings is 1. The summed E-state index contributed by atoms with van der Waals surface area (Å²) >= 11 is 6.18. The van der Waals surface area contributed by atoms with Crippen LogP contribution in [0.3, 0.4) is 0 Å². The fraction of sp³-hybridized carbons (Fsp3) is 0.500. The van der Waals surface area contributed by atoms with Gasteiger partial charge in [-0.15, -0.1) is 0 Å². The number of nitrogens with two attached hydrogens (primary N) is 1. The van der Waals surface area contributed by atoms with Crippen LogP contribution >= 0.6 is 11.6 Å². The first-order valence-electron chi connectivity index (χ1n) is 7.50. The molecule has 23 heavy (non-hydrogen) atoms. The van der Waals surface area contributed by atoms with Crippen molar-refractivity contribution in [3.8, 4) is 11.5 Å². The molecule has 0 spiro atoms. The molecule has 0 unspecified atom stereocenters. The molecule has 0 aliphatic carbocycles. The molecule has 0 aromatic heterocycles. The Bertz CT molecular complexity index is 598. The van der Waals surface area contributed by atoms with E-state index in [-0.39, 0.29) is 23.3 Å². The molecular weight excluding hydrogens is 320 g/mol. The fourth-order valence-electron chi connectivity index (χ4n) is 2.52. The van der Waals surface area contributed by atoms with Crippen LogP contribution in [0, 0.1) is 5.92 Å². The second-order valence-electron chi connectivity index (χ2n) is 5.72. The van der Waals surface area contributed by atoms with E-state index in [1.807, 2.05) is 4.90 Å². The summed E-state index contributed by atoms with van der Waals surface area (Å²) in [5.74, 6) is 0.440. The SMILES string of the molecule is COc1cc(C(=O)N2CCC(C)CC2)cc(Cl)c1OCC(N)=O. The Morgan fingerprint density at radius 3 is 2.57 bits per heavy atom. The van der Waals surface area contributed by atoms with Gasteiger partial charge in [-0.2, -0.15) is 0 Å². The van der Waals surface area contributed by atoms with E-state index >= 15 is 0 Å². The summed E-state index contributed by atoms with van der Waals surface area (Å²) in [6, 6.07) is 3.10. The lowest BCUT2D eigenvalue weighted by Crippen LogP contribution is -2.37. The van der Waals surface area contributed by atoms with E-state index in [1.165, 1.54) is 13.2 Å². The Hall–Kier alpha value is -1.95. The van der Waals surface area contributed by atoms with Crippen LogP contribution < -0.4 is 15.2 Å². The van der Waals surface area contributed by atoms with Crippen molar-refractivity contribution < 1.29 is 19.1 Å². The van der Waals surface area contributed by atoms with E-state index < -0.39 is 5.91 Å². The van der Waals surface area contributed by atoms with Crippen molar-refractivity contribution in [1.82, 2.24) is 4.90 Å². The minimum atomic E-state index is -0.620. The summed E-state index contributed by atoms with van der Waals surface area (Å²) in [4.78, 5) is 25.3. The monoisotopic (exact) mass is 340 g/mol. The molecule has 1 aromatic carbocycles. The van der Waals surface area contributed by atoms with E-state index in [2.05, 4.69) is 6.92 Å². The normalized spacial score (nSPS) is 15.3. The maximum Gasteiger partial charge on any atom is 0.255 e. The summed E-state index contributed by atoms with van der Waals surface area (Å²) < 4.78 is 10.5. The highest BCUT2D eigenvalue weighted by molar-refractivity contribution is 6.32. The van der Waals surface area contributed by atoms with E-state index in [4.69, 9.17) is 26.8 Å². The Morgan fingerprint density at radius 2 is 2.00 bits per heavy atom. The molecule has 1 heterocycles. The molecule has 2 amide bonds. The van der Waals surface area contributed by atoms with E-state index in [9.17, 15) is 9.59 Å². The van der Waals surface area contributed by atoms with Gasteiger partial charge >= 0.3 is 0 Å². The minimum Gasteiger partial charge on any atom is -0.493 e. The first kappa shape index (κ1) is 17.4. The predicted molar refractivity (Wildman–Crippen MR) is 87.0 cm³/mol. The molecule has 0 atom stereocenters. The Balaban J connectivity index is 2.21. The highest BCUT2D eigenvalue weighted by Gasteiger charge is 2.23. The van der Waals surface area contributed by atoms with Crippen LogP contribution in [0.2, 0.25) is 5.02 Å². The molecule has 0 saturated carbocycles. The average Bonchev–Trinajstić information content (AvgIpc) is 2.52. The number of methoxy groups -OCH3 is 1. The molecule has 126 valence electrons. The molecule has 1 saturated heterocycles. The summed E-state index contributed by atoms with van der Waals surface area (Å²) in [7, 11) is 1.44. The molecule has 2 rings (SSSR count). The Kier molecular flexibility index (Phi) is 5.71. The predicted octanol–water partition coefficient (Wildman–Crippen LogP) is 2.08. The molecule has 7 heteroatoms. The van der Waals surface area contributed by atoms with E-state index in [1.54, 1.807) is 6.07 Å². The van der Waals surface area contributed by atoms with Crippen molar-refractivity contribution >= 4 is 23.4 Å². The number of primary amides is 1. The lowest BCUT2D eigenvalue weighted by atomic mass is 9.98. The summed E-state index contributed by atoms with van der Waals surface area (Å²) in [6.07, 6.45) is 1.99. The number of ether oxygens (including phenoxy) is 2. The minimum absolute atomic E-state index is 0.0847. The Labute approximate surface area is 140 Å². The van der Waals surface area contributed by atoms with Gasteiger partial charge in [-0.1, -0.05) is 18.5 Å². The largest absolute Gasteiger partial charge is 0.493 e. The Morgan fingerprint density at radius 1 is 1.35 bits per heavy atom. The summed E-state index contributed by atoms with van der Waals surface area (Å²) in [5, 5.41) is 0.208. The van der Waals surface area contributed by atoms with Gasteiger partial charge in [-0.25, -0.2) is 0 Å². The highest BCUT2D eigenvalue weighted by Crippen LogP contribution is 2.37. The van der Waals surface area contributed by atoms with Crippen LogP contribution in [-0.2, 0) is 4.79 Å². The van der Waals surface area contributed by atoms with Crippen LogP contribution in [0.4, 0.5) is 0 Å².